The molecule has 0 aromatic heterocycles. The number of hydrogen-bond acceptors (Lipinski definition) is 2. The molecule has 0 spiro atoms. The smallest absolute Gasteiger partial charge is 0.133 e. The van der Waals surface area contributed by atoms with Crippen molar-refractivity contribution in [2.24, 2.45) is 5.92 Å². The summed E-state index contributed by atoms with van der Waals surface area (Å²) in [7, 11) is 1.67. The van der Waals surface area contributed by atoms with Gasteiger partial charge in [0.1, 0.15) is 5.75 Å². The van der Waals surface area contributed by atoms with Crippen LogP contribution >= 0.6 is 15.9 Å². The lowest BCUT2D eigenvalue weighted by Crippen LogP contribution is -2.16. The lowest BCUT2D eigenvalue weighted by Gasteiger charge is -2.18. The van der Waals surface area contributed by atoms with E-state index in [0.717, 1.165) is 23.1 Å². The zero-order valence-corrected chi connectivity index (χ0v) is 13.9. The number of ether oxygens (including phenoxy) is 1. The van der Waals surface area contributed by atoms with Crippen LogP contribution < -0.4 is 4.74 Å². The number of aliphatic hydroxyl groups excluding tert-OH is 1. The molecule has 20 heavy (non-hydrogen) atoms. The minimum atomic E-state index is -0.224. The predicted octanol–water partition coefficient (Wildman–Crippen LogP) is 4.72. The van der Waals surface area contributed by atoms with Gasteiger partial charge in [-0.1, -0.05) is 44.6 Å². The summed E-state index contributed by atoms with van der Waals surface area (Å²) in [4.78, 5) is 0. The topological polar surface area (TPSA) is 29.5 Å². The average molecular weight is 341 g/mol. The van der Waals surface area contributed by atoms with E-state index in [2.05, 4.69) is 22.0 Å². The van der Waals surface area contributed by atoms with Gasteiger partial charge in [0.05, 0.1) is 17.7 Å². The molecule has 0 aliphatic heterocycles. The second-order valence-electron chi connectivity index (χ2n) is 5.92. The van der Waals surface area contributed by atoms with E-state index in [-0.39, 0.29) is 6.10 Å². The van der Waals surface area contributed by atoms with E-state index < -0.39 is 0 Å². The monoisotopic (exact) mass is 340 g/mol. The van der Waals surface area contributed by atoms with E-state index in [9.17, 15) is 5.11 Å². The Balaban J connectivity index is 1.87. The third-order valence-electron chi connectivity index (χ3n) is 4.27. The predicted molar refractivity (Wildman–Crippen MR) is 86.2 cm³/mol. The fourth-order valence-corrected chi connectivity index (χ4v) is 3.76. The Morgan fingerprint density at radius 2 is 1.95 bits per heavy atom. The molecule has 2 nitrogen and oxygen atoms in total. The number of methoxy groups -OCH3 is 1. The molecule has 0 heterocycles. The highest BCUT2D eigenvalue weighted by molar-refractivity contribution is 9.10. The maximum Gasteiger partial charge on any atom is 0.133 e. The molecule has 112 valence electrons. The molecule has 1 aliphatic rings. The highest BCUT2D eigenvalue weighted by atomic mass is 79.9. The van der Waals surface area contributed by atoms with Crippen LogP contribution in [-0.4, -0.2) is 18.3 Å². The van der Waals surface area contributed by atoms with Crippen molar-refractivity contribution in [3.63, 3.8) is 0 Å². The zero-order valence-electron chi connectivity index (χ0n) is 12.3. The lowest BCUT2D eigenvalue weighted by molar-refractivity contribution is 0.137. The highest BCUT2D eigenvalue weighted by Crippen LogP contribution is 2.29. The van der Waals surface area contributed by atoms with Gasteiger partial charge < -0.3 is 9.84 Å². The van der Waals surface area contributed by atoms with Crippen LogP contribution in [0.2, 0.25) is 0 Å². The van der Waals surface area contributed by atoms with Gasteiger partial charge in [-0.05, 0) is 52.4 Å². The Bertz CT molecular complexity index is 411. The van der Waals surface area contributed by atoms with Gasteiger partial charge in [-0.25, -0.2) is 0 Å². The highest BCUT2D eigenvalue weighted by Gasteiger charge is 2.17. The molecule has 1 atom stereocenters. The summed E-state index contributed by atoms with van der Waals surface area (Å²) >= 11 is 3.50. The van der Waals surface area contributed by atoms with Crippen LogP contribution in [0.4, 0.5) is 0 Å². The summed E-state index contributed by atoms with van der Waals surface area (Å²) in [6.45, 7) is 0. The van der Waals surface area contributed by atoms with Crippen molar-refractivity contribution < 1.29 is 9.84 Å². The molecule has 3 heteroatoms. The van der Waals surface area contributed by atoms with Gasteiger partial charge in [0.2, 0.25) is 0 Å². The number of halogens is 1. The molecule has 1 unspecified atom stereocenters. The van der Waals surface area contributed by atoms with E-state index in [1.54, 1.807) is 7.11 Å². The molecule has 1 aromatic carbocycles. The average Bonchev–Trinajstić information content (AvgIpc) is 2.67. The molecular formula is C17H25BrO2. The van der Waals surface area contributed by atoms with E-state index in [1.165, 1.54) is 44.1 Å². The standard InChI is InChI=1S/C17H25BrO2/c1-20-17-9-8-14(12-16(17)18)11-15(19)10-13-6-4-2-3-5-7-13/h8-9,12-13,15,19H,2-7,10-11H2,1H3. The van der Waals surface area contributed by atoms with Gasteiger partial charge in [-0.15, -0.1) is 0 Å². The fourth-order valence-electron chi connectivity index (χ4n) is 3.18. The molecule has 1 aromatic rings. The summed E-state index contributed by atoms with van der Waals surface area (Å²) in [6.07, 6.45) is 9.47. The summed E-state index contributed by atoms with van der Waals surface area (Å²) in [5, 5.41) is 10.3. The zero-order chi connectivity index (χ0) is 14.4. The van der Waals surface area contributed by atoms with Gasteiger partial charge >= 0.3 is 0 Å². The second-order valence-corrected chi connectivity index (χ2v) is 6.77. The van der Waals surface area contributed by atoms with Crippen molar-refractivity contribution in [2.75, 3.05) is 7.11 Å². The van der Waals surface area contributed by atoms with Gasteiger partial charge in [-0.3, -0.25) is 0 Å². The molecule has 0 radical (unpaired) electrons. The maximum absolute atomic E-state index is 10.3. The molecule has 2 rings (SSSR count). The van der Waals surface area contributed by atoms with Crippen molar-refractivity contribution in [3.8, 4) is 5.75 Å². The van der Waals surface area contributed by atoms with Crippen LogP contribution in [-0.2, 0) is 6.42 Å². The molecule has 1 saturated carbocycles. The molecule has 1 fully saturated rings. The van der Waals surface area contributed by atoms with Crippen LogP contribution in [0.3, 0.4) is 0 Å². The Morgan fingerprint density at radius 1 is 1.25 bits per heavy atom. The lowest BCUT2D eigenvalue weighted by atomic mass is 9.91. The van der Waals surface area contributed by atoms with Gasteiger partial charge in [0.15, 0.2) is 0 Å². The van der Waals surface area contributed by atoms with Gasteiger partial charge in [0.25, 0.3) is 0 Å². The van der Waals surface area contributed by atoms with Crippen LogP contribution in [0.25, 0.3) is 0 Å². The van der Waals surface area contributed by atoms with Crippen molar-refractivity contribution in [1.82, 2.24) is 0 Å². The largest absolute Gasteiger partial charge is 0.496 e. The third-order valence-corrected chi connectivity index (χ3v) is 4.89. The van der Waals surface area contributed by atoms with Crippen LogP contribution in [0.1, 0.15) is 50.5 Å². The number of hydrogen-bond donors (Lipinski definition) is 1. The molecule has 1 N–H and O–H groups in total. The first kappa shape index (κ1) is 15.8. The SMILES string of the molecule is COc1ccc(CC(O)CC2CCCCCC2)cc1Br. The first-order valence-corrected chi connectivity index (χ1v) is 8.49. The molecule has 0 amide bonds. The van der Waals surface area contributed by atoms with Crippen LogP contribution in [0.5, 0.6) is 5.75 Å². The van der Waals surface area contributed by atoms with E-state index in [4.69, 9.17) is 4.74 Å². The van der Waals surface area contributed by atoms with Crippen molar-refractivity contribution >= 4 is 15.9 Å². The maximum atomic E-state index is 10.3. The Kier molecular flexibility index (Phi) is 6.37. The van der Waals surface area contributed by atoms with Gasteiger partial charge in [0, 0.05) is 0 Å². The summed E-state index contributed by atoms with van der Waals surface area (Å²) in [5.74, 6) is 1.56. The Hall–Kier alpha value is -0.540. The van der Waals surface area contributed by atoms with Crippen LogP contribution in [0.15, 0.2) is 22.7 Å². The Labute approximate surface area is 130 Å². The third kappa shape index (κ3) is 4.78. The summed E-state index contributed by atoms with van der Waals surface area (Å²) < 4.78 is 6.19. The molecule has 0 saturated heterocycles. The van der Waals surface area contributed by atoms with Gasteiger partial charge in [-0.2, -0.15) is 0 Å². The summed E-state index contributed by atoms with van der Waals surface area (Å²) in [6, 6.07) is 6.05. The van der Waals surface area contributed by atoms with Crippen molar-refractivity contribution in [2.45, 2.75) is 57.5 Å². The minimum Gasteiger partial charge on any atom is -0.496 e. The molecular weight excluding hydrogens is 316 g/mol. The first-order valence-electron chi connectivity index (χ1n) is 7.69. The summed E-state index contributed by atoms with van der Waals surface area (Å²) in [5.41, 5.74) is 1.17. The number of aliphatic hydroxyl groups is 1. The first-order chi connectivity index (χ1) is 9.69. The Morgan fingerprint density at radius 3 is 2.55 bits per heavy atom. The quantitative estimate of drug-likeness (QED) is 0.785. The fraction of sp³-hybridized carbons (Fsp3) is 0.647. The normalized spacial score (nSPS) is 18.6. The molecule has 0 bridgehead atoms. The van der Waals surface area contributed by atoms with Crippen molar-refractivity contribution in [3.05, 3.63) is 28.2 Å². The number of rotatable bonds is 5. The van der Waals surface area contributed by atoms with E-state index in [1.807, 2.05) is 12.1 Å². The van der Waals surface area contributed by atoms with E-state index in [0.29, 0.717) is 5.92 Å². The van der Waals surface area contributed by atoms with Crippen LogP contribution in [0, 0.1) is 5.92 Å². The number of benzene rings is 1. The molecule has 1 aliphatic carbocycles. The van der Waals surface area contributed by atoms with E-state index >= 15 is 0 Å². The second kappa shape index (κ2) is 8.04. The minimum absolute atomic E-state index is 0.224. The van der Waals surface area contributed by atoms with Crippen molar-refractivity contribution in [1.29, 1.82) is 0 Å².